The number of halogens is 2. The fourth-order valence-corrected chi connectivity index (χ4v) is 4.74. The summed E-state index contributed by atoms with van der Waals surface area (Å²) < 4.78 is 36.5. The predicted molar refractivity (Wildman–Crippen MR) is 111 cm³/mol. The number of likely N-dealkylation sites (tertiary alicyclic amines) is 1. The first kappa shape index (κ1) is 20.3. The van der Waals surface area contributed by atoms with Gasteiger partial charge in [-0.05, 0) is 24.8 Å². The maximum absolute atomic E-state index is 15.1. The van der Waals surface area contributed by atoms with Crippen LogP contribution >= 0.6 is 0 Å². The molecule has 9 heteroatoms. The highest BCUT2D eigenvalue weighted by molar-refractivity contribution is 5.73. The van der Waals surface area contributed by atoms with E-state index in [1.54, 1.807) is 23.2 Å². The van der Waals surface area contributed by atoms with Gasteiger partial charge in [-0.15, -0.1) is 0 Å². The molecule has 0 saturated carbocycles. The molecule has 0 radical (unpaired) electrons. The van der Waals surface area contributed by atoms with Gasteiger partial charge >= 0.3 is 0 Å². The topological polar surface area (TPSA) is 76.0 Å². The predicted octanol–water partition coefficient (Wildman–Crippen LogP) is 3.31. The lowest BCUT2D eigenvalue weighted by atomic mass is 9.97. The van der Waals surface area contributed by atoms with Crippen molar-refractivity contribution in [1.82, 2.24) is 24.6 Å². The number of aromatic amines is 1. The Morgan fingerprint density at radius 1 is 1.23 bits per heavy atom. The summed E-state index contributed by atoms with van der Waals surface area (Å²) in [7, 11) is 0. The van der Waals surface area contributed by atoms with Gasteiger partial charge in [0, 0.05) is 37.8 Å². The standard InChI is InChI=1S/C22H25F2N5O2/c1-13-11-28(19(24)15-4-2-3-5-18(15)23)12-17(13)20-26-21-16(22(30)27-20)10-25-29(21)14-6-8-31-9-7-14/h2-5,10,13-14,17,19H,6-9,11-12H2,1H3,(H,26,27,30)/t13-,17-,19?/m1/s1. The van der Waals surface area contributed by atoms with Crippen LogP contribution in [0.3, 0.4) is 0 Å². The van der Waals surface area contributed by atoms with Gasteiger partial charge in [0.25, 0.3) is 5.56 Å². The highest BCUT2D eigenvalue weighted by Crippen LogP contribution is 2.37. The third-order valence-corrected chi connectivity index (χ3v) is 6.49. The first-order valence-electron chi connectivity index (χ1n) is 10.7. The SMILES string of the molecule is C[C@@H]1CN(C(F)c2ccccc2F)C[C@H]1c1nc2c(cnn2C2CCOCC2)c(=O)[nH]1. The molecule has 3 aromatic rings. The molecule has 0 aliphatic carbocycles. The van der Waals surface area contributed by atoms with Gasteiger partial charge in [-0.1, -0.05) is 25.1 Å². The monoisotopic (exact) mass is 429 g/mol. The van der Waals surface area contributed by atoms with Crippen LogP contribution in [0, 0.1) is 11.7 Å². The van der Waals surface area contributed by atoms with Crippen LogP contribution in [0.1, 0.15) is 49.4 Å². The molecular weight excluding hydrogens is 404 g/mol. The Morgan fingerprint density at radius 3 is 2.77 bits per heavy atom. The van der Waals surface area contributed by atoms with E-state index in [9.17, 15) is 9.18 Å². The van der Waals surface area contributed by atoms with Crippen molar-refractivity contribution in [2.24, 2.45) is 5.92 Å². The van der Waals surface area contributed by atoms with Gasteiger partial charge in [0.1, 0.15) is 17.0 Å². The van der Waals surface area contributed by atoms with Crippen LogP contribution in [0.5, 0.6) is 0 Å². The summed E-state index contributed by atoms with van der Waals surface area (Å²) >= 11 is 0. The summed E-state index contributed by atoms with van der Waals surface area (Å²) in [5.41, 5.74) is 0.349. The summed E-state index contributed by atoms with van der Waals surface area (Å²) in [5, 5.41) is 4.88. The van der Waals surface area contributed by atoms with Gasteiger partial charge in [0.2, 0.25) is 0 Å². The van der Waals surface area contributed by atoms with Crippen LogP contribution in [0.2, 0.25) is 0 Å². The maximum atomic E-state index is 15.1. The van der Waals surface area contributed by atoms with Crippen LogP contribution in [0.15, 0.2) is 35.3 Å². The molecule has 7 nitrogen and oxygen atoms in total. The van der Waals surface area contributed by atoms with Gasteiger partial charge in [-0.2, -0.15) is 5.10 Å². The van der Waals surface area contributed by atoms with Crippen LogP contribution in [-0.2, 0) is 4.74 Å². The number of hydrogen-bond acceptors (Lipinski definition) is 5. The molecule has 2 fully saturated rings. The molecule has 2 saturated heterocycles. The zero-order chi connectivity index (χ0) is 21.5. The molecule has 31 heavy (non-hydrogen) atoms. The average Bonchev–Trinajstić information content (AvgIpc) is 3.38. The van der Waals surface area contributed by atoms with E-state index in [0.717, 1.165) is 12.8 Å². The minimum Gasteiger partial charge on any atom is -0.381 e. The second-order valence-corrected chi connectivity index (χ2v) is 8.52. The normalized spacial score (nSPS) is 24.1. The first-order valence-corrected chi connectivity index (χ1v) is 10.7. The summed E-state index contributed by atoms with van der Waals surface area (Å²) in [6, 6.07) is 6.06. The number of ether oxygens (including phenoxy) is 1. The Hall–Kier alpha value is -2.65. The van der Waals surface area contributed by atoms with Gasteiger partial charge in [-0.25, -0.2) is 18.4 Å². The van der Waals surface area contributed by atoms with E-state index in [4.69, 9.17) is 9.72 Å². The van der Waals surface area contributed by atoms with Gasteiger partial charge < -0.3 is 9.72 Å². The molecule has 1 aromatic carbocycles. The summed E-state index contributed by atoms with van der Waals surface area (Å²) in [4.78, 5) is 22.0. The van der Waals surface area contributed by atoms with Gasteiger partial charge in [0.05, 0.1) is 12.2 Å². The van der Waals surface area contributed by atoms with Crippen molar-refractivity contribution in [2.45, 2.75) is 38.0 Å². The Morgan fingerprint density at radius 2 is 2.00 bits per heavy atom. The fourth-order valence-electron chi connectivity index (χ4n) is 4.74. The molecule has 1 unspecified atom stereocenters. The third kappa shape index (κ3) is 3.65. The van der Waals surface area contributed by atoms with Crippen LogP contribution < -0.4 is 5.56 Å². The first-order chi connectivity index (χ1) is 15.0. The minimum absolute atomic E-state index is 0.0323. The lowest BCUT2D eigenvalue weighted by Gasteiger charge is -2.23. The largest absolute Gasteiger partial charge is 0.381 e. The van der Waals surface area contributed by atoms with Crippen LogP contribution in [0.4, 0.5) is 8.78 Å². The Labute approximate surface area is 178 Å². The van der Waals surface area contributed by atoms with E-state index in [0.29, 0.717) is 43.2 Å². The highest BCUT2D eigenvalue weighted by atomic mass is 19.1. The molecule has 0 spiro atoms. The molecule has 3 atom stereocenters. The van der Waals surface area contributed by atoms with E-state index in [1.165, 1.54) is 12.1 Å². The van der Waals surface area contributed by atoms with Crippen molar-refractivity contribution in [1.29, 1.82) is 0 Å². The van der Waals surface area contributed by atoms with Gasteiger partial charge in [0.15, 0.2) is 11.9 Å². The number of fused-ring (bicyclic) bond motifs is 1. The highest BCUT2D eigenvalue weighted by Gasteiger charge is 2.37. The molecular formula is C22H25F2N5O2. The third-order valence-electron chi connectivity index (χ3n) is 6.49. The number of hydrogen-bond donors (Lipinski definition) is 1. The van der Waals surface area contributed by atoms with Crippen molar-refractivity contribution in [3.63, 3.8) is 0 Å². The summed E-state index contributed by atoms with van der Waals surface area (Å²) in [6.07, 6.45) is 1.65. The average molecular weight is 429 g/mol. The van der Waals surface area contributed by atoms with Crippen LogP contribution in [-0.4, -0.2) is 51.0 Å². The molecule has 2 aliphatic rings. The van der Waals surface area contributed by atoms with E-state index in [2.05, 4.69) is 10.1 Å². The zero-order valence-electron chi connectivity index (χ0n) is 17.3. The van der Waals surface area contributed by atoms with Crippen molar-refractivity contribution in [3.8, 4) is 0 Å². The van der Waals surface area contributed by atoms with Crippen LogP contribution in [0.25, 0.3) is 11.0 Å². The number of H-pyrrole nitrogens is 1. The van der Waals surface area contributed by atoms with Crippen molar-refractivity contribution in [3.05, 3.63) is 58.0 Å². The Kier molecular flexibility index (Phi) is 5.31. The zero-order valence-corrected chi connectivity index (χ0v) is 17.3. The molecule has 2 aliphatic heterocycles. The van der Waals surface area contributed by atoms with E-state index < -0.39 is 12.1 Å². The Balaban J connectivity index is 1.45. The summed E-state index contributed by atoms with van der Waals surface area (Å²) in [5.74, 6) is -0.147. The molecule has 0 amide bonds. The molecule has 4 heterocycles. The smallest absolute Gasteiger partial charge is 0.262 e. The van der Waals surface area contributed by atoms with Gasteiger partial charge in [-0.3, -0.25) is 9.69 Å². The maximum Gasteiger partial charge on any atom is 0.262 e. The number of benzene rings is 1. The van der Waals surface area contributed by atoms with Crippen molar-refractivity contribution < 1.29 is 13.5 Å². The Bertz CT molecular complexity index is 1140. The van der Waals surface area contributed by atoms with Crippen molar-refractivity contribution >= 4 is 11.0 Å². The number of nitrogens with zero attached hydrogens (tertiary/aromatic N) is 4. The lowest BCUT2D eigenvalue weighted by molar-refractivity contribution is 0.0673. The van der Waals surface area contributed by atoms with E-state index in [-0.39, 0.29) is 29.0 Å². The number of alkyl halides is 1. The lowest BCUT2D eigenvalue weighted by Crippen LogP contribution is -2.25. The van der Waals surface area contributed by atoms with Crippen molar-refractivity contribution in [2.75, 3.05) is 26.3 Å². The number of rotatable bonds is 4. The second kappa shape index (κ2) is 8.12. The quantitative estimate of drug-likeness (QED) is 0.644. The summed E-state index contributed by atoms with van der Waals surface area (Å²) in [6.45, 7) is 4.10. The number of aromatic nitrogens is 4. The second-order valence-electron chi connectivity index (χ2n) is 8.52. The molecule has 0 bridgehead atoms. The fraction of sp³-hybridized carbons (Fsp3) is 0.500. The molecule has 1 N–H and O–H groups in total. The van der Waals surface area contributed by atoms with E-state index in [1.807, 2.05) is 11.6 Å². The van der Waals surface area contributed by atoms with E-state index >= 15 is 4.39 Å². The number of nitrogens with one attached hydrogen (secondary N) is 1. The minimum atomic E-state index is -1.54. The molecule has 5 rings (SSSR count). The molecule has 164 valence electrons. The molecule has 2 aromatic heterocycles.